The number of carbonyl (C=O) groups excluding carboxylic acids is 2. The highest BCUT2D eigenvalue weighted by Gasteiger charge is 2.25. The fourth-order valence-electron chi connectivity index (χ4n) is 2.98. The number of hydrogen-bond donors (Lipinski definition) is 1. The molecule has 0 aromatic heterocycles. The fourth-order valence-corrected chi connectivity index (χ4v) is 3.21. The minimum Gasteiger partial charge on any atom is -0.355 e. The average molecular weight is 387 g/mol. The molecule has 2 amide bonds. The summed E-state index contributed by atoms with van der Waals surface area (Å²) in [5.74, 6) is -0.166. The van der Waals surface area contributed by atoms with Crippen molar-refractivity contribution in [2.24, 2.45) is 0 Å². The summed E-state index contributed by atoms with van der Waals surface area (Å²) in [5.41, 5.74) is 2.09. The highest BCUT2D eigenvalue weighted by Crippen LogP contribution is 2.17. The summed E-state index contributed by atoms with van der Waals surface area (Å²) in [7, 11) is 0. The molecular weight excluding hydrogens is 360 g/mol. The molecule has 2 aromatic carbocycles. The molecule has 0 aliphatic rings. The second-order valence-corrected chi connectivity index (χ2v) is 6.89. The van der Waals surface area contributed by atoms with Gasteiger partial charge in [0.2, 0.25) is 11.8 Å². The molecule has 0 aliphatic carbocycles. The monoisotopic (exact) mass is 386 g/mol. The summed E-state index contributed by atoms with van der Waals surface area (Å²) in [4.78, 5) is 26.9. The molecule has 0 saturated heterocycles. The average Bonchev–Trinajstić information content (AvgIpc) is 2.68. The molecule has 144 valence electrons. The highest BCUT2D eigenvalue weighted by molar-refractivity contribution is 6.31. The van der Waals surface area contributed by atoms with E-state index in [0.717, 1.165) is 11.1 Å². The molecule has 0 radical (unpaired) electrons. The Balaban J connectivity index is 2.06. The van der Waals surface area contributed by atoms with E-state index in [2.05, 4.69) is 5.32 Å². The van der Waals surface area contributed by atoms with E-state index in [4.69, 9.17) is 11.6 Å². The van der Waals surface area contributed by atoms with Crippen molar-refractivity contribution >= 4 is 23.4 Å². The molecule has 0 fully saturated rings. The van der Waals surface area contributed by atoms with E-state index >= 15 is 0 Å². The van der Waals surface area contributed by atoms with Crippen LogP contribution in [0.2, 0.25) is 5.02 Å². The van der Waals surface area contributed by atoms with Crippen molar-refractivity contribution in [3.63, 3.8) is 0 Å². The van der Waals surface area contributed by atoms with E-state index in [1.165, 1.54) is 0 Å². The second kappa shape index (κ2) is 10.7. The van der Waals surface area contributed by atoms with Crippen LogP contribution in [0, 0.1) is 0 Å². The van der Waals surface area contributed by atoms with Crippen LogP contribution >= 0.6 is 11.6 Å². The van der Waals surface area contributed by atoms with Crippen molar-refractivity contribution in [1.82, 2.24) is 10.2 Å². The molecule has 1 atom stereocenters. The third kappa shape index (κ3) is 6.40. The second-order valence-electron chi connectivity index (χ2n) is 6.48. The standard InChI is InChI=1S/C22H27ClN2O2/c1-3-24-22(27)17(2)25(16-15-18-9-5-4-6-10-18)21(26)14-13-19-11-7-8-12-20(19)23/h4-12,17H,3,13-16H2,1-2H3,(H,24,27). The number of likely N-dealkylation sites (N-methyl/N-ethyl adjacent to an activating group) is 1. The molecule has 2 aromatic rings. The van der Waals surface area contributed by atoms with Gasteiger partial charge in [0.15, 0.2) is 0 Å². The Kier molecular flexibility index (Phi) is 8.34. The van der Waals surface area contributed by atoms with Crippen LogP contribution in [0.25, 0.3) is 0 Å². The van der Waals surface area contributed by atoms with Crippen molar-refractivity contribution in [2.45, 2.75) is 39.2 Å². The minimum absolute atomic E-state index is 0.0374. The van der Waals surface area contributed by atoms with Crippen LogP contribution in [-0.2, 0) is 22.4 Å². The smallest absolute Gasteiger partial charge is 0.242 e. The van der Waals surface area contributed by atoms with Crippen molar-refractivity contribution < 1.29 is 9.59 Å². The molecule has 4 nitrogen and oxygen atoms in total. The summed E-state index contributed by atoms with van der Waals surface area (Å²) < 4.78 is 0. The Labute approximate surface area is 166 Å². The maximum atomic E-state index is 12.9. The lowest BCUT2D eigenvalue weighted by atomic mass is 10.1. The van der Waals surface area contributed by atoms with E-state index < -0.39 is 6.04 Å². The van der Waals surface area contributed by atoms with Crippen LogP contribution in [0.4, 0.5) is 0 Å². The zero-order chi connectivity index (χ0) is 19.6. The molecule has 0 saturated carbocycles. The summed E-state index contributed by atoms with van der Waals surface area (Å²) in [6.45, 7) is 4.70. The number of nitrogens with zero attached hydrogens (tertiary/aromatic N) is 1. The van der Waals surface area contributed by atoms with E-state index in [9.17, 15) is 9.59 Å². The van der Waals surface area contributed by atoms with Crippen LogP contribution in [0.1, 0.15) is 31.4 Å². The van der Waals surface area contributed by atoms with E-state index in [-0.39, 0.29) is 11.8 Å². The first-order valence-corrected chi connectivity index (χ1v) is 9.75. The van der Waals surface area contributed by atoms with Gasteiger partial charge in [-0.05, 0) is 43.9 Å². The molecule has 0 heterocycles. The Bertz CT molecular complexity index is 749. The number of rotatable bonds is 9. The highest BCUT2D eigenvalue weighted by atomic mass is 35.5. The van der Waals surface area contributed by atoms with E-state index in [0.29, 0.717) is 37.4 Å². The van der Waals surface area contributed by atoms with Crippen molar-refractivity contribution in [3.05, 3.63) is 70.7 Å². The van der Waals surface area contributed by atoms with Crippen LogP contribution in [-0.4, -0.2) is 35.8 Å². The Morgan fingerprint density at radius 2 is 1.70 bits per heavy atom. The quantitative estimate of drug-likeness (QED) is 0.711. The number of carbonyl (C=O) groups is 2. The molecular formula is C22H27ClN2O2. The number of amides is 2. The molecule has 0 spiro atoms. The van der Waals surface area contributed by atoms with Crippen LogP contribution in [0.15, 0.2) is 54.6 Å². The van der Waals surface area contributed by atoms with Crippen LogP contribution < -0.4 is 5.32 Å². The number of hydrogen-bond acceptors (Lipinski definition) is 2. The zero-order valence-electron chi connectivity index (χ0n) is 16.0. The lowest BCUT2D eigenvalue weighted by Crippen LogP contribution is -2.48. The normalized spacial score (nSPS) is 11.7. The van der Waals surface area contributed by atoms with Crippen LogP contribution in [0.5, 0.6) is 0 Å². The Morgan fingerprint density at radius 3 is 2.37 bits per heavy atom. The molecule has 0 bridgehead atoms. The molecule has 1 unspecified atom stereocenters. The Morgan fingerprint density at radius 1 is 1.04 bits per heavy atom. The van der Waals surface area contributed by atoms with Gasteiger partial charge < -0.3 is 10.2 Å². The molecule has 27 heavy (non-hydrogen) atoms. The maximum absolute atomic E-state index is 12.9. The predicted molar refractivity (Wildman–Crippen MR) is 110 cm³/mol. The largest absolute Gasteiger partial charge is 0.355 e. The third-order valence-electron chi connectivity index (χ3n) is 4.57. The number of halogens is 1. The first kappa shape index (κ1) is 21.0. The lowest BCUT2D eigenvalue weighted by Gasteiger charge is -2.28. The van der Waals surface area contributed by atoms with Gasteiger partial charge in [-0.1, -0.05) is 60.1 Å². The van der Waals surface area contributed by atoms with Gasteiger partial charge in [0.05, 0.1) is 0 Å². The summed E-state index contributed by atoms with van der Waals surface area (Å²) in [6.07, 6.45) is 1.59. The first-order valence-electron chi connectivity index (χ1n) is 9.37. The van der Waals surface area contributed by atoms with E-state index in [1.54, 1.807) is 11.8 Å². The van der Waals surface area contributed by atoms with Gasteiger partial charge in [0, 0.05) is 24.5 Å². The van der Waals surface area contributed by atoms with Gasteiger partial charge in [-0.15, -0.1) is 0 Å². The zero-order valence-corrected chi connectivity index (χ0v) is 16.7. The van der Waals surface area contributed by atoms with Gasteiger partial charge in [-0.2, -0.15) is 0 Å². The van der Waals surface area contributed by atoms with Crippen molar-refractivity contribution in [2.75, 3.05) is 13.1 Å². The first-order chi connectivity index (χ1) is 13.0. The van der Waals surface area contributed by atoms with Gasteiger partial charge >= 0.3 is 0 Å². The molecule has 0 aliphatic heterocycles. The molecule has 5 heteroatoms. The number of aryl methyl sites for hydroxylation is 1. The summed E-state index contributed by atoms with van der Waals surface area (Å²) in [6, 6.07) is 17.0. The van der Waals surface area contributed by atoms with Gasteiger partial charge in [0.1, 0.15) is 6.04 Å². The summed E-state index contributed by atoms with van der Waals surface area (Å²) in [5, 5.41) is 3.47. The van der Waals surface area contributed by atoms with Gasteiger partial charge in [-0.25, -0.2) is 0 Å². The number of nitrogens with one attached hydrogen (secondary N) is 1. The third-order valence-corrected chi connectivity index (χ3v) is 4.94. The Hall–Kier alpha value is -2.33. The summed E-state index contributed by atoms with van der Waals surface area (Å²) >= 11 is 6.19. The number of benzene rings is 2. The van der Waals surface area contributed by atoms with Crippen molar-refractivity contribution in [3.8, 4) is 0 Å². The van der Waals surface area contributed by atoms with Crippen LogP contribution in [0.3, 0.4) is 0 Å². The van der Waals surface area contributed by atoms with Crippen molar-refractivity contribution in [1.29, 1.82) is 0 Å². The molecule has 2 rings (SSSR count). The fraction of sp³-hybridized carbons (Fsp3) is 0.364. The van der Waals surface area contributed by atoms with Gasteiger partial charge in [0.25, 0.3) is 0 Å². The predicted octanol–water partition coefficient (Wildman–Crippen LogP) is 3.87. The SMILES string of the molecule is CCNC(=O)C(C)N(CCc1ccccc1)C(=O)CCc1ccccc1Cl. The van der Waals surface area contributed by atoms with E-state index in [1.807, 2.05) is 61.5 Å². The topological polar surface area (TPSA) is 49.4 Å². The minimum atomic E-state index is -0.507. The maximum Gasteiger partial charge on any atom is 0.242 e. The van der Waals surface area contributed by atoms with Gasteiger partial charge in [-0.3, -0.25) is 9.59 Å². The lowest BCUT2D eigenvalue weighted by molar-refractivity contribution is -0.139. The molecule has 1 N–H and O–H groups in total.